The minimum atomic E-state index is -0.381. The van der Waals surface area contributed by atoms with E-state index < -0.39 is 0 Å². The lowest BCUT2D eigenvalue weighted by Gasteiger charge is -2.30. The first-order valence-corrected chi connectivity index (χ1v) is 13.7. The molecule has 2 amide bonds. The fourth-order valence-corrected chi connectivity index (χ4v) is 5.21. The van der Waals surface area contributed by atoms with Gasteiger partial charge in [0.2, 0.25) is 6.79 Å². The Morgan fingerprint density at radius 3 is 2.61 bits per heavy atom. The molecule has 0 radical (unpaired) electrons. The van der Waals surface area contributed by atoms with Gasteiger partial charge in [-0.3, -0.25) is 14.5 Å². The van der Waals surface area contributed by atoms with Gasteiger partial charge in [0.05, 0.1) is 38.3 Å². The first-order valence-electron chi connectivity index (χ1n) is 13.7. The summed E-state index contributed by atoms with van der Waals surface area (Å²) in [6.07, 6.45) is 1.95. The maximum atomic E-state index is 14.0. The van der Waals surface area contributed by atoms with Crippen molar-refractivity contribution in [2.24, 2.45) is 5.10 Å². The summed E-state index contributed by atoms with van der Waals surface area (Å²) in [5.74, 6) is 1.59. The lowest BCUT2D eigenvalue weighted by molar-refractivity contribution is -0.133. The summed E-state index contributed by atoms with van der Waals surface area (Å²) in [4.78, 5) is 31.1. The number of amides is 2. The second-order valence-electron chi connectivity index (χ2n) is 10.0. The van der Waals surface area contributed by atoms with Crippen LogP contribution in [0.25, 0.3) is 0 Å². The van der Waals surface area contributed by atoms with Gasteiger partial charge < -0.3 is 28.3 Å². The van der Waals surface area contributed by atoms with Crippen LogP contribution in [0.5, 0.6) is 17.2 Å². The molecule has 1 fully saturated rings. The van der Waals surface area contributed by atoms with Gasteiger partial charge in [-0.2, -0.15) is 5.10 Å². The van der Waals surface area contributed by atoms with Crippen LogP contribution in [-0.4, -0.2) is 92.2 Å². The average molecular weight is 561 g/mol. The van der Waals surface area contributed by atoms with Crippen molar-refractivity contribution in [3.63, 3.8) is 0 Å². The highest BCUT2D eigenvalue weighted by molar-refractivity contribution is 6.03. The average Bonchev–Trinajstić information content (AvgIpc) is 3.80. The number of benzene rings is 2. The van der Waals surface area contributed by atoms with Crippen molar-refractivity contribution in [3.05, 3.63) is 77.7 Å². The molecule has 0 spiro atoms. The Hall–Kier alpha value is -4.35. The quantitative estimate of drug-likeness (QED) is 0.393. The molecule has 0 bridgehead atoms. The van der Waals surface area contributed by atoms with Gasteiger partial charge in [-0.15, -0.1) is 0 Å². The third-order valence-electron chi connectivity index (χ3n) is 7.51. The fraction of sp³-hybridized carbons (Fsp3) is 0.367. The second kappa shape index (κ2) is 12.0. The van der Waals surface area contributed by atoms with Crippen molar-refractivity contribution >= 4 is 17.5 Å². The summed E-state index contributed by atoms with van der Waals surface area (Å²) in [6.45, 7) is 3.86. The first kappa shape index (κ1) is 26.9. The molecule has 4 heterocycles. The van der Waals surface area contributed by atoms with Crippen LogP contribution in [0.1, 0.15) is 34.1 Å². The summed E-state index contributed by atoms with van der Waals surface area (Å²) < 4.78 is 27.2. The molecule has 2 aromatic carbocycles. The van der Waals surface area contributed by atoms with Crippen molar-refractivity contribution in [2.75, 3.05) is 59.8 Å². The molecule has 0 aliphatic carbocycles. The predicted octanol–water partition coefficient (Wildman–Crippen LogP) is 3.17. The predicted molar refractivity (Wildman–Crippen MR) is 148 cm³/mol. The first-order chi connectivity index (χ1) is 20.1. The minimum absolute atomic E-state index is 0.148. The van der Waals surface area contributed by atoms with Crippen molar-refractivity contribution in [1.82, 2.24) is 14.8 Å². The van der Waals surface area contributed by atoms with E-state index in [1.807, 2.05) is 42.5 Å². The van der Waals surface area contributed by atoms with Crippen LogP contribution in [-0.2, 0) is 9.53 Å². The van der Waals surface area contributed by atoms with Gasteiger partial charge in [0.1, 0.15) is 12.3 Å². The monoisotopic (exact) mass is 560 g/mol. The molecule has 214 valence electrons. The Morgan fingerprint density at radius 1 is 1.05 bits per heavy atom. The number of furan rings is 1. The van der Waals surface area contributed by atoms with Gasteiger partial charge in [-0.05, 0) is 59.7 Å². The molecule has 3 aromatic rings. The van der Waals surface area contributed by atoms with Gasteiger partial charge in [-0.1, -0.05) is 6.07 Å². The Bertz CT molecular complexity index is 1400. The van der Waals surface area contributed by atoms with E-state index in [0.717, 1.165) is 35.7 Å². The van der Waals surface area contributed by atoms with Crippen LogP contribution in [0.2, 0.25) is 0 Å². The van der Waals surface area contributed by atoms with Gasteiger partial charge in [0.25, 0.3) is 11.8 Å². The summed E-state index contributed by atoms with van der Waals surface area (Å²) >= 11 is 0. The smallest absolute Gasteiger partial charge is 0.290 e. The van der Waals surface area contributed by atoms with Crippen molar-refractivity contribution in [2.45, 2.75) is 12.5 Å². The Morgan fingerprint density at radius 2 is 1.85 bits per heavy atom. The van der Waals surface area contributed by atoms with Crippen molar-refractivity contribution in [1.29, 1.82) is 0 Å². The minimum Gasteiger partial charge on any atom is -0.497 e. The van der Waals surface area contributed by atoms with E-state index >= 15 is 0 Å². The number of hydrogen-bond acceptors (Lipinski definition) is 9. The zero-order chi connectivity index (χ0) is 28.2. The molecular formula is C30H32N4O7. The molecule has 1 aromatic heterocycles. The highest BCUT2D eigenvalue weighted by Gasteiger charge is 2.35. The van der Waals surface area contributed by atoms with E-state index in [1.54, 1.807) is 19.2 Å². The molecule has 1 atom stereocenters. The number of nitrogens with zero attached hydrogens (tertiary/aromatic N) is 4. The summed E-state index contributed by atoms with van der Waals surface area (Å²) in [6, 6.07) is 16.2. The van der Waals surface area contributed by atoms with Crippen molar-refractivity contribution < 1.29 is 33.0 Å². The number of methoxy groups -OCH3 is 1. The van der Waals surface area contributed by atoms with Gasteiger partial charge in [-0.25, -0.2) is 5.01 Å². The van der Waals surface area contributed by atoms with Crippen LogP contribution in [0, 0.1) is 0 Å². The molecule has 41 heavy (non-hydrogen) atoms. The molecule has 11 heteroatoms. The number of morpholine rings is 1. The Kier molecular flexibility index (Phi) is 7.88. The number of hydrogen-bond donors (Lipinski definition) is 0. The standard InChI is InChI=1S/C30H32N4O7/c1-37-23-7-4-21(5-8-23)24-18-25(22-6-9-26-28(17-22)41-20-40-26)34(31-24)29(35)19-33(30(36)27-3-2-14-39-27)11-10-32-12-15-38-16-13-32/h2-9,14,17,25H,10-13,15-16,18-20H2,1H3. The van der Waals surface area contributed by atoms with Crippen molar-refractivity contribution in [3.8, 4) is 17.2 Å². The molecule has 11 nitrogen and oxygen atoms in total. The third-order valence-corrected chi connectivity index (χ3v) is 7.51. The highest BCUT2D eigenvalue weighted by Crippen LogP contribution is 2.39. The molecule has 0 saturated carbocycles. The highest BCUT2D eigenvalue weighted by atomic mass is 16.7. The zero-order valence-electron chi connectivity index (χ0n) is 22.9. The van der Waals surface area contributed by atoms with Gasteiger partial charge in [0, 0.05) is 32.6 Å². The van der Waals surface area contributed by atoms with E-state index in [-0.39, 0.29) is 37.0 Å². The Balaban J connectivity index is 1.26. The van der Waals surface area contributed by atoms with E-state index in [9.17, 15) is 9.59 Å². The van der Waals surface area contributed by atoms with Crippen LogP contribution < -0.4 is 14.2 Å². The number of carbonyl (C=O) groups excluding carboxylic acids is 2. The van der Waals surface area contributed by atoms with Crippen LogP contribution in [0.3, 0.4) is 0 Å². The van der Waals surface area contributed by atoms with Crippen LogP contribution in [0.4, 0.5) is 0 Å². The lowest BCUT2D eigenvalue weighted by Crippen LogP contribution is -2.46. The molecule has 3 aliphatic heterocycles. The maximum Gasteiger partial charge on any atom is 0.290 e. The van der Waals surface area contributed by atoms with Gasteiger partial charge >= 0.3 is 0 Å². The van der Waals surface area contributed by atoms with E-state index in [4.69, 9.17) is 28.5 Å². The number of fused-ring (bicyclic) bond motifs is 1. The second-order valence-corrected chi connectivity index (χ2v) is 10.0. The normalized spacial score (nSPS) is 18.3. The van der Waals surface area contributed by atoms with E-state index in [0.29, 0.717) is 44.2 Å². The molecule has 3 aliphatic rings. The van der Waals surface area contributed by atoms with Crippen LogP contribution in [0.15, 0.2) is 70.4 Å². The maximum absolute atomic E-state index is 14.0. The Labute approximate surface area is 237 Å². The molecular weight excluding hydrogens is 528 g/mol. The molecule has 0 N–H and O–H groups in total. The number of ether oxygens (including phenoxy) is 4. The molecule has 6 rings (SSSR count). The number of rotatable bonds is 9. The summed E-state index contributed by atoms with van der Waals surface area (Å²) in [7, 11) is 1.62. The van der Waals surface area contributed by atoms with Gasteiger partial charge in [0.15, 0.2) is 17.3 Å². The summed E-state index contributed by atoms with van der Waals surface area (Å²) in [5.41, 5.74) is 2.52. The fourth-order valence-electron chi connectivity index (χ4n) is 5.21. The third kappa shape index (κ3) is 5.91. The topological polar surface area (TPSA) is 106 Å². The van der Waals surface area contributed by atoms with Crippen LogP contribution >= 0.6 is 0 Å². The van der Waals surface area contributed by atoms with E-state index in [1.165, 1.54) is 16.2 Å². The molecule has 1 unspecified atom stereocenters. The van der Waals surface area contributed by atoms with E-state index in [2.05, 4.69) is 4.90 Å². The lowest BCUT2D eigenvalue weighted by atomic mass is 9.98. The molecule has 1 saturated heterocycles. The SMILES string of the molecule is COc1ccc(C2=NN(C(=O)CN(CCN3CCOCC3)C(=O)c3ccco3)C(c3ccc4c(c3)OCO4)C2)cc1. The zero-order valence-corrected chi connectivity index (χ0v) is 22.9. The summed E-state index contributed by atoms with van der Waals surface area (Å²) in [5, 5.41) is 6.28. The number of hydrazone groups is 1. The largest absolute Gasteiger partial charge is 0.497 e. The number of carbonyl (C=O) groups is 2.